The lowest BCUT2D eigenvalue weighted by atomic mass is 9.78. The van der Waals surface area contributed by atoms with Crippen LogP contribution in [0.1, 0.15) is 18.4 Å². The number of ether oxygens (including phenoxy) is 1. The van der Waals surface area contributed by atoms with E-state index in [-0.39, 0.29) is 11.6 Å². The normalized spacial score (nSPS) is 26.0. The third kappa shape index (κ3) is 2.44. The summed E-state index contributed by atoms with van der Waals surface area (Å²) in [5, 5.41) is 10.1. The number of aldehydes is 1. The zero-order chi connectivity index (χ0) is 13.9. The first-order chi connectivity index (χ1) is 9.13. The number of hydrogen-bond acceptors (Lipinski definition) is 3. The van der Waals surface area contributed by atoms with Crippen molar-refractivity contribution in [2.24, 2.45) is 0 Å². The molecular weight excluding hydrogens is 247 g/mol. The number of rotatable bonds is 4. The van der Waals surface area contributed by atoms with Crippen LogP contribution in [0.4, 0.5) is 4.39 Å². The summed E-state index contributed by atoms with van der Waals surface area (Å²) in [6.45, 7) is 2.10. The lowest BCUT2D eigenvalue weighted by molar-refractivity contribution is -0.127. The Morgan fingerprint density at radius 2 is 2.11 bits per heavy atom. The minimum absolute atomic E-state index is 0.0228. The summed E-state index contributed by atoms with van der Waals surface area (Å²) in [6.07, 6.45) is 5.37. The first-order valence-corrected chi connectivity index (χ1v) is 6.07. The lowest BCUT2D eigenvalue weighted by Gasteiger charge is -2.35. The van der Waals surface area contributed by atoms with Crippen LogP contribution in [0.2, 0.25) is 0 Å². The van der Waals surface area contributed by atoms with E-state index >= 15 is 0 Å². The number of allylic oxidation sites excluding steroid dienone is 2. The summed E-state index contributed by atoms with van der Waals surface area (Å²) in [5.41, 5.74) is -0.620. The number of aliphatic hydroxyl groups excluding tert-OH is 1. The third-order valence-corrected chi connectivity index (χ3v) is 3.15. The second-order valence-corrected chi connectivity index (χ2v) is 4.34. The van der Waals surface area contributed by atoms with Crippen molar-refractivity contribution in [1.29, 1.82) is 0 Å². The van der Waals surface area contributed by atoms with Crippen LogP contribution in [0, 0.1) is 5.82 Å². The average Bonchev–Trinajstić information content (AvgIpc) is 2.41. The fourth-order valence-corrected chi connectivity index (χ4v) is 2.33. The van der Waals surface area contributed by atoms with E-state index in [4.69, 9.17) is 4.74 Å². The summed E-state index contributed by atoms with van der Waals surface area (Å²) < 4.78 is 18.5. The van der Waals surface area contributed by atoms with Gasteiger partial charge in [0.1, 0.15) is 11.6 Å². The smallest absolute Gasteiger partial charge is 0.156 e. The van der Waals surface area contributed by atoms with Crippen molar-refractivity contribution in [3.63, 3.8) is 0 Å². The summed E-state index contributed by atoms with van der Waals surface area (Å²) in [7, 11) is 0. The first-order valence-electron chi connectivity index (χ1n) is 6.07. The molecule has 1 aromatic rings. The molecule has 1 N–H and O–H groups in total. The highest BCUT2D eigenvalue weighted by molar-refractivity contribution is 5.71. The third-order valence-electron chi connectivity index (χ3n) is 3.15. The molecule has 0 bridgehead atoms. The largest absolute Gasteiger partial charge is 0.512 e. The van der Waals surface area contributed by atoms with Crippen LogP contribution < -0.4 is 0 Å². The molecule has 0 spiro atoms. The second kappa shape index (κ2) is 5.36. The molecule has 19 heavy (non-hydrogen) atoms. The Labute approximate surface area is 111 Å². The van der Waals surface area contributed by atoms with Gasteiger partial charge in [0.25, 0.3) is 0 Å². The molecular formula is C15H15FO3. The number of carbonyl (C=O) groups excluding carboxylic acids is 1. The van der Waals surface area contributed by atoms with Crippen LogP contribution >= 0.6 is 0 Å². The maximum atomic E-state index is 13.0. The van der Waals surface area contributed by atoms with E-state index in [1.807, 2.05) is 0 Å². The molecule has 0 fully saturated rings. The number of carbonyl (C=O) groups is 1. The van der Waals surface area contributed by atoms with E-state index < -0.39 is 11.5 Å². The van der Waals surface area contributed by atoms with Crippen LogP contribution in [0.15, 0.2) is 48.3 Å². The molecule has 0 saturated carbocycles. The fourth-order valence-electron chi connectivity index (χ4n) is 2.33. The van der Waals surface area contributed by atoms with Gasteiger partial charge in [-0.15, -0.1) is 0 Å². The van der Waals surface area contributed by atoms with E-state index in [2.05, 4.69) is 0 Å². The van der Waals surface area contributed by atoms with Crippen LogP contribution in [0.3, 0.4) is 0 Å². The summed E-state index contributed by atoms with van der Waals surface area (Å²) in [6, 6.07) is 5.67. The van der Waals surface area contributed by atoms with E-state index in [1.54, 1.807) is 31.2 Å². The van der Waals surface area contributed by atoms with Crippen molar-refractivity contribution in [2.75, 3.05) is 6.61 Å². The molecule has 2 atom stereocenters. The summed E-state index contributed by atoms with van der Waals surface area (Å²) in [4.78, 5) is 11.5. The Balaban J connectivity index is 2.48. The van der Waals surface area contributed by atoms with Gasteiger partial charge in [0.2, 0.25) is 0 Å². The molecule has 1 aliphatic rings. The van der Waals surface area contributed by atoms with Gasteiger partial charge in [0.05, 0.1) is 5.92 Å². The van der Waals surface area contributed by atoms with Gasteiger partial charge in [0.15, 0.2) is 11.9 Å². The molecule has 2 unspecified atom stereocenters. The second-order valence-electron chi connectivity index (χ2n) is 4.34. The number of hydrogen-bond donors (Lipinski definition) is 1. The Morgan fingerprint density at radius 3 is 2.68 bits per heavy atom. The zero-order valence-electron chi connectivity index (χ0n) is 10.5. The summed E-state index contributed by atoms with van der Waals surface area (Å²) in [5.74, 6) is -1.00. The molecule has 0 heterocycles. The predicted molar refractivity (Wildman–Crippen MR) is 69.4 cm³/mol. The Morgan fingerprint density at radius 1 is 1.42 bits per heavy atom. The van der Waals surface area contributed by atoms with Gasteiger partial charge in [-0.05, 0) is 36.8 Å². The van der Waals surface area contributed by atoms with E-state index in [0.29, 0.717) is 18.5 Å². The standard InChI is InChI=1S/C15H15FO3/c1-2-19-15(10-17)9-3-4-13(18)14(15)11-5-7-12(16)8-6-11/h3-10,14,18H,2H2,1H3. The van der Waals surface area contributed by atoms with Crippen molar-refractivity contribution in [1.82, 2.24) is 0 Å². The van der Waals surface area contributed by atoms with Gasteiger partial charge in [-0.25, -0.2) is 4.39 Å². The predicted octanol–water partition coefficient (Wildman–Crippen LogP) is 2.90. The average molecular weight is 262 g/mol. The van der Waals surface area contributed by atoms with Crippen LogP contribution in [-0.4, -0.2) is 23.6 Å². The number of benzene rings is 1. The fraction of sp³-hybridized carbons (Fsp3) is 0.267. The van der Waals surface area contributed by atoms with Crippen molar-refractivity contribution in [3.8, 4) is 0 Å². The molecule has 0 saturated heterocycles. The molecule has 0 aliphatic heterocycles. The van der Waals surface area contributed by atoms with Crippen LogP contribution in [0.25, 0.3) is 0 Å². The van der Waals surface area contributed by atoms with Crippen LogP contribution in [-0.2, 0) is 9.53 Å². The van der Waals surface area contributed by atoms with E-state index in [0.717, 1.165) is 0 Å². The molecule has 1 aromatic carbocycles. The highest BCUT2D eigenvalue weighted by Gasteiger charge is 2.42. The van der Waals surface area contributed by atoms with Gasteiger partial charge < -0.3 is 9.84 Å². The van der Waals surface area contributed by atoms with Gasteiger partial charge >= 0.3 is 0 Å². The van der Waals surface area contributed by atoms with E-state index in [9.17, 15) is 14.3 Å². The minimum Gasteiger partial charge on any atom is -0.512 e. The maximum absolute atomic E-state index is 13.0. The molecule has 0 radical (unpaired) electrons. The Kier molecular flexibility index (Phi) is 3.81. The minimum atomic E-state index is -1.24. The van der Waals surface area contributed by atoms with Gasteiger partial charge in [-0.2, -0.15) is 0 Å². The topological polar surface area (TPSA) is 46.5 Å². The molecule has 0 aromatic heterocycles. The number of halogens is 1. The Bertz CT molecular complexity index is 519. The first kappa shape index (κ1) is 13.5. The van der Waals surface area contributed by atoms with E-state index in [1.165, 1.54) is 18.2 Å². The lowest BCUT2D eigenvalue weighted by Crippen LogP contribution is -2.41. The van der Waals surface area contributed by atoms with Crippen molar-refractivity contribution in [2.45, 2.75) is 18.4 Å². The molecule has 2 rings (SSSR count). The monoisotopic (exact) mass is 262 g/mol. The molecule has 1 aliphatic carbocycles. The SMILES string of the molecule is CCOC1(C=O)C=CC=C(O)C1c1ccc(F)cc1. The molecule has 3 nitrogen and oxygen atoms in total. The molecule has 100 valence electrons. The van der Waals surface area contributed by atoms with Gasteiger partial charge in [0, 0.05) is 6.61 Å². The number of aliphatic hydroxyl groups is 1. The van der Waals surface area contributed by atoms with Crippen molar-refractivity contribution >= 4 is 6.29 Å². The van der Waals surface area contributed by atoms with Crippen molar-refractivity contribution < 1.29 is 19.0 Å². The molecule has 4 heteroatoms. The van der Waals surface area contributed by atoms with Crippen molar-refractivity contribution in [3.05, 3.63) is 59.6 Å². The van der Waals surface area contributed by atoms with Gasteiger partial charge in [-0.1, -0.05) is 18.2 Å². The quantitative estimate of drug-likeness (QED) is 0.849. The highest BCUT2D eigenvalue weighted by atomic mass is 19.1. The Hall–Kier alpha value is -1.94. The highest BCUT2D eigenvalue weighted by Crippen LogP contribution is 2.39. The molecule has 0 amide bonds. The van der Waals surface area contributed by atoms with Crippen LogP contribution in [0.5, 0.6) is 0 Å². The van der Waals surface area contributed by atoms with Gasteiger partial charge in [-0.3, -0.25) is 4.79 Å². The maximum Gasteiger partial charge on any atom is 0.156 e. The zero-order valence-corrected chi connectivity index (χ0v) is 10.5. The summed E-state index contributed by atoms with van der Waals surface area (Å²) >= 11 is 0.